The molecule has 1 heterocycles. The van der Waals surface area contributed by atoms with Crippen LogP contribution in [0.5, 0.6) is 5.75 Å². The van der Waals surface area contributed by atoms with Crippen LogP contribution in [-0.4, -0.2) is 48.1 Å². The van der Waals surface area contributed by atoms with E-state index in [1.54, 1.807) is 12.1 Å². The summed E-state index contributed by atoms with van der Waals surface area (Å²) in [6, 6.07) is 15.2. The molecule has 144 valence electrons. The van der Waals surface area contributed by atoms with Gasteiger partial charge in [0.05, 0.1) is 6.04 Å². The van der Waals surface area contributed by atoms with Crippen molar-refractivity contribution in [2.45, 2.75) is 32.7 Å². The zero-order chi connectivity index (χ0) is 19.4. The molecule has 0 spiro atoms. The molecular formula is C22H29N3O2. The molecule has 0 bridgehead atoms. The van der Waals surface area contributed by atoms with Crippen LogP contribution in [0.25, 0.3) is 0 Å². The lowest BCUT2D eigenvalue weighted by molar-refractivity contribution is -0.120. The molecule has 0 aliphatic carbocycles. The maximum Gasteiger partial charge on any atom is 0.241 e. The zero-order valence-electron chi connectivity index (χ0n) is 16.4. The first-order chi connectivity index (χ1) is 12.9. The Kier molecular flexibility index (Phi) is 6.01. The van der Waals surface area contributed by atoms with Crippen molar-refractivity contribution in [3.8, 4) is 5.75 Å². The third-order valence-electron chi connectivity index (χ3n) is 5.30. The molecule has 1 saturated heterocycles. The van der Waals surface area contributed by atoms with Gasteiger partial charge in [0.25, 0.3) is 0 Å². The number of hydrogen-bond donors (Lipinski definition) is 2. The van der Waals surface area contributed by atoms with E-state index in [-0.39, 0.29) is 17.7 Å². The number of carbonyl (C=O) groups excluding carboxylic acids is 1. The average Bonchev–Trinajstić information content (AvgIpc) is 2.68. The Morgan fingerprint density at radius 1 is 0.926 bits per heavy atom. The van der Waals surface area contributed by atoms with Gasteiger partial charge in [-0.1, -0.05) is 26.0 Å². The zero-order valence-corrected chi connectivity index (χ0v) is 16.4. The summed E-state index contributed by atoms with van der Waals surface area (Å²) in [6.07, 6.45) is 0. The lowest BCUT2D eigenvalue weighted by Crippen LogP contribution is -2.52. The Balaban J connectivity index is 1.53. The van der Waals surface area contributed by atoms with E-state index in [0.717, 1.165) is 37.6 Å². The molecule has 1 amide bonds. The minimum Gasteiger partial charge on any atom is -0.508 e. The van der Waals surface area contributed by atoms with Gasteiger partial charge in [-0.2, -0.15) is 0 Å². The van der Waals surface area contributed by atoms with Crippen molar-refractivity contribution in [3.05, 3.63) is 54.1 Å². The molecule has 1 aliphatic rings. The number of phenols is 1. The minimum atomic E-state index is -0.170. The molecule has 2 aromatic rings. The van der Waals surface area contributed by atoms with E-state index in [1.807, 2.05) is 31.2 Å². The molecule has 0 unspecified atom stereocenters. The van der Waals surface area contributed by atoms with Crippen LogP contribution in [0.3, 0.4) is 0 Å². The highest BCUT2D eigenvalue weighted by Gasteiger charge is 2.25. The largest absolute Gasteiger partial charge is 0.508 e. The van der Waals surface area contributed by atoms with Crippen molar-refractivity contribution in [1.29, 1.82) is 0 Å². The molecule has 1 atom stereocenters. The number of aromatic hydroxyl groups is 1. The van der Waals surface area contributed by atoms with Crippen LogP contribution < -0.4 is 10.2 Å². The number of piperazine rings is 1. The fraction of sp³-hybridized carbons (Fsp3) is 0.409. The van der Waals surface area contributed by atoms with E-state index in [2.05, 4.69) is 41.1 Å². The van der Waals surface area contributed by atoms with Gasteiger partial charge in [-0.15, -0.1) is 0 Å². The number of carbonyl (C=O) groups is 1. The quantitative estimate of drug-likeness (QED) is 0.847. The first-order valence-electron chi connectivity index (χ1n) is 9.63. The third kappa shape index (κ3) is 4.80. The summed E-state index contributed by atoms with van der Waals surface area (Å²) in [5.41, 5.74) is 3.22. The number of anilines is 2. The first-order valence-corrected chi connectivity index (χ1v) is 9.63. The van der Waals surface area contributed by atoms with E-state index < -0.39 is 0 Å². The highest BCUT2D eigenvalue weighted by molar-refractivity contribution is 5.94. The van der Waals surface area contributed by atoms with Gasteiger partial charge in [0.15, 0.2) is 0 Å². The van der Waals surface area contributed by atoms with Gasteiger partial charge in [0, 0.05) is 37.6 Å². The molecule has 2 N–H and O–H groups in total. The second-order valence-electron chi connectivity index (χ2n) is 7.48. The number of benzene rings is 2. The molecule has 0 aromatic heterocycles. The first kappa shape index (κ1) is 19.2. The van der Waals surface area contributed by atoms with E-state index in [1.165, 1.54) is 5.56 Å². The maximum absolute atomic E-state index is 12.6. The normalized spacial score (nSPS) is 16.4. The number of phenolic OH excluding ortho intramolecular Hbond substituents is 1. The molecule has 0 saturated carbocycles. The van der Waals surface area contributed by atoms with Gasteiger partial charge < -0.3 is 15.3 Å². The Bertz CT molecular complexity index is 748. The van der Waals surface area contributed by atoms with Crippen LogP contribution in [0, 0.1) is 0 Å². The molecule has 5 nitrogen and oxygen atoms in total. The van der Waals surface area contributed by atoms with Crippen LogP contribution in [-0.2, 0) is 4.79 Å². The van der Waals surface area contributed by atoms with Crippen molar-refractivity contribution in [2.75, 3.05) is 36.4 Å². The number of nitrogens with one attached hydrogen (secondary N) is 1. The van der Waals surface area contributed by atoms with Crippen LogP contribution in [0.1, 0.15) is 32.3 Å². The Labute approximate surface area is 161 Å². The van der Waals surface area contributed by atoms with Crippen LogP contribution in [0.2, 0.25) is 0 Å². The van der Waals surface area contributed by atoms with Gasteiger partial charge in [-0.05, 0) is 54.8 Å². The maximum atomic E-state index is 12.6. The van der Waals surface area contributed by atoms with E-state index in [9.17, 15) is 9.90 Å². The predicted octanol–water partition coefficient (Wildman–Crippen LogP) is 3.66. The van der Waals surface area contributed by atoms with Crippen LogP contribution in [0.15, 0.2) is 48.5 Å². The topological polar surface area (TPSA) is 55.8 Å². The summed E-state index contributed by atoms with van der Waals surface area (Å²) in [4.78, 5) is 17.1. The van der Waals surface area contributed by atoms with E-state index in [4.69, 9.17) is 0 Å². The molecule has 1 fully saturated rings. The number of nitrogens with zero attached hydrogens (tertiary/aromatic N) is 2. The van der Waals surface area contributed by atoms with Gasteiger partial charge >= 0.3 is 0 Å². The summed E-state index contributed by atoms with van der Waals surface area (Å²) in [5.74, 6) is 0.799. The molecule has 1 aliphatic heterocycles. The van der Waals surface area contributed by atoms with Crippen LogP contribution in [0.4, 0.5) is 11.4 Å². The monoisotopic (exact) mass is 367 g/mol. The summed E-state index contributed by atoms with van der Waals surface area (Å²) in [7, 11) is 0. The smallest absolute Gasteiger partial charge is 0.241 e. The van der Waals surface area contributed by atoms with Gasteiger partial charge in [-0.25, -0.2) is 0 Å². The molecular weight excluding hydrogens is 338 g/mol. The predicted molar refractivity (Wildman–Crippen MR) is 111 cm³/mol. The van der Waals surface area contributed by atoms with E-state index in [0.29, 0.717) is 5.92 Å². The second-order valence-corrected chi connectivity index (χ2v) is 7.48. The van der Waals surface area contributed by atoms with Gasteiger partial charge in [0.2, 0.25) is 5.91 Å². The Morgan fingerprint density at radius 3 is 2.07 bits per heavy atom. The third-order valence-corrected chi connectivity index (χ3v) is 5.30. The molecule has 3 rings (SSSR count). The van der Waals surface area contributed by atoms with Crippen molar-refractivity contribution in [2.24, 2.45) is 0 Å². The summed E-state index contributed by atoms with van der Waals surface area (Å²) in [6.45, 7) is 9.69. The molecule has 0 radical (unpaired) electrons. The molecule has 27 heavy (non-hydrogen) atoms. The standard InChI is InChI=1S/C22H29N3O2/c1-16(2)18-4-6-19(7-5-18)23-22(27)17(3)24-12-14-25(15-13-24)20-8-10-21(26)11-9-20/h4-11,16-17,26H,12-15H2,1-3H3,(H,23,27)/t17-/m0/s1. The molecule has 2 aromatic carbocycles. The summed E-state index contributed by atoms with van der Waals surface area (Å²) >= 11 is 0. The van der Waals surface area contributed by atoms with Crippen LogP contribution >= 0.6 is 0 Å². The molecule has 5 heteroatoms. The average molecular weight is 367 g/mol. The summed E-state index contributed by atoms with van der Waals surface area (Å²) in [5, 5.41) is 12.5. The van der Waals surface area contributed by atoms with Crippen molar-refractivity contribution < 1.29 is 9.90 Å². The number of hydrogen-bond acceptors (Lipinski definition) is 4. The lowest BCUT2D eigenvalue weighted by Gasteiger charge is -2.38. The fourth-order valence-electron chi connectivity index (χ4n) is 3.39. The highest BCUT2D eigenvalue weighted by Crippen LogP contribution is 2.21. The van der Waals surface area contributed by atoms with Crippen molar-refractivity contribution >= 4 is 17.3 Å². The highest BCUT2D eigenvalue weighted by atomic mass is 16.3. The number of amides is 1. The fourth-order valence-corrected chi connectivity index (χ4v) is 3.39. The van der Waals surface area contributed by atoms with E-state index >= 15 is 0 Å². The Hall–Kier alpha value is -2.53. The Morgan fingerprint density at radius 2 is 1.52 bits per heavy atom. The summed E-state index contributed by atoms with van der Waals surface area (Å²) < 4.78 is 0. The van der Waals surface area contributed by atoms with Gasteiger partial charge in [0.1, 0.15) is 5.75 Å². The van der Waals surface area contributed by atoms with Gasteiger partial charge in [-0.3, -0.25) is 9.69 Å². The van der Waals surface area contributed by atoms with Crippen molar-refractivity contribution in [1.82, 2.24) is 4.90 Å². The second kappa shape index (κ2) is 8.44. The number of rotatable bonds is 5. The van der Waals surface area contributed by atoms with Crippen molar-refractivity contribution in [3.63, 3.8) is 0 Å². The lowest BCUT2D eigenvalue weighted by atomic mass is 10.0. The minimum absolute atomic E-state index is 0.0328. The SMILES string of the molecule is CC(C)c1ccc(NC(=O)[C@H](C)N2CCN(c3ccc(O)cc3)CC2)cc1.